The molecular formula is C18H30N2O6. The summed E-state index contributed by atoms with van der Waals surface area (Å²) in [7, 11) is 0. The lowest BCUT2D eigenvalue weighted by atomic mass is 9.82. The first kappa shape index (κ1) is 20.5. The van der Waals surface area contributed by atoms with Crippen LogP contribution in [0.4, 0.5) is 4.79 Å². The Kier molecular flexibility index (Phi) is 8.12. The molecule has 1 atom stereocenters. The summed E-state index contributed by atoms with van der Waals surface area (Å²) in [6.45, 7) is 1.96. The van der Waals surface area contributed by atoms with E-state index in [9.17, 15) is 19.7 Å². The molecule has 8 heteroatoms. The summed E-state index contributed by atoms with van der Waals surface area (Å²) >= 11 is 0. The van der Waals surface area contributed by atoms with Crippen LogP contribution in [-0.2, 0) is 14.3 Å². The average Bonchev–Trinajstić information content (AvgIpc) is 2.62. The number of amides is 1. The number of hydrogen-bond acceptors (Lipinski definition) is 6. The largest absolute Gasteiger partial charge is 0.464 e. The zero-order chi connectivity index (χ0) is 18.9. The van der Waals surface area contributed by atoms with Gasteiger partial charge in [-0.05, 0) is 57.8 Å². The highest BCUT2D eigenvalue weighted by Crippen LogP contribution is 2.29. The predicted octanol–water partition coefficient (Wildman–Crippen LogP) is 3.20. The lowest BCUT2D eigenvalue weighted by Gasteiger charge is -2.28. The molecule has 0 bridgehead atoms. The van der Waals surface area contributed by atoms with Crippen LogP contribution in [0.5, 0.6) is 0 Å². The van der Waals surface area contributed by atoms with E-state index < -0.39 is 24.1 Å². The third-order valence-electron chi connectivity index (χ3n) is 5.37. The number of carbonyl (C=O) groups excluding carboxylic acids is 2. The molecule has 2 fully saturated rings. The molecule has 1 amide bonds. The highest BCUT2D eigenvalue weighted by molar-refractivity contribution is 5.81. The number of carbonyl (C=O) groups is 2. The van der Waals surface area contributed by atoms with E-state index in [2.05, 4.69) is 5.32 Å². The normalized spacial score (nSPS) is 25.1. The van der Waals surface area contributed by atoms with Crippen molar-refractivity contribution in [3.8, 4) is 0 Å². The molecule has 0 aliphatic heterocycles. The Balaban J connectivity index is 1.85. The number of alkyl carbamates (subject to hydrolysis) is 1. The van der Waals surface area contributed by atoms with Crippen molar-refractivity contribution in [2.24, 2.45) is 5.92 Å². The van der Waals surface area contributed by atoms with Crippen molar-refractivity contribution < 1.29 is 24.0 Å². The summed E-state index contributed by atoms with van der Waals surface area (Å²) in [6.07, 6.45) is 7.17. The summed E-state index contributed by atoms with van der Waals surface area (Å²) in [5, 5.41) is 13.5. The summed E-state index contributed by atoms with van der Waals surface area (Å²) in [6, 6.07) is -1.25. The summed E-state index contributed by atoms with van der Waals surface area (Å²) < 4.78 is 10.5. The van der Waals surface area contributed by atoms with Crippen molar-refractivity contribution >= 4 is 12.1 Å². The van der Waals surface area contributed by atoms with Crippen LogP contribution in [0.1, 0.15) is 71.1 Å². The third-order valence-corrected chi connectivity index (χ3v) is 5.37. The van der Waals surface area contributed by atoms with Gasteiger partial charge in [0.15, 0.2) is 0 Å². The Hall–Kier alpha value is -1.86. The number of nitro groups is 1. The lowest BCUT2D eigenvalue weighted by molar-refractivity contribution is -0.527. The van der Waals surface area contributed by atoms with Crippen molar-refractivity contribution in [1.82, 2.24) is 5.32 Å². The van der Waals surface area contributed by atoms with Gasteiger partial charge in [0.25, 0.3) is 0 Å². The van der Waals surface area contributed by atoms with E-state index in [1.165, 1.54) is 6.42 Å². The van der Waals surface area contributed by atoms with Crippen LogP contribution in [0.3, 0.4) is 0 Å². The molecule has 2 aliphatic rings. The molecule has 26 heavy (non-hydrogen) atoms. The van der Waals surface area contributed by atoms with Gasteiger partial charge in [-0.25, -0.2) is 9.59 Å². The maximum absolute atomic E-state index is 12.2. The molecule has 2 saturated carbocycles. The third kappa shape index (κ3) is 6.46. The first-order valence-corrected chi connectivity index (χ1v) is 9.76. The van der Waals surface area contributed by atoms with Crippen LogP contribution in [-0.4, -0.2) is 41.8 Å². The van der Waals surface area contributed by atoms with Crippen LogP contribution < -0.4 is 5.32 Å². The van der Waals surface area contributed by atoms with Crippen molar-refractivity contribution in [2.45, 2.75) is 89.3 Å². The monoisotopic (exact) mass is 370 g/mol. The quantitative estimate of drug-likeness (QED) is 0.419. The van der Waals surface area contributed by atoms with Crippen molar-refractivity contribution in [2.75, 3.05) is 6.61 Å². The number of nitrogens with one attached hydrogen (secondary N) is 1. The second kappa shape index (κ2) is 10.3. The zero-order valence-corrected chi connectivity index (χ0v) is 15.5. The van der Waals surface area contributed by atoms with E-state index in [-0.39, 0.29) is 23.6 Å². The predicted molar refractivity (Wildman–Crippen MR) is 94.3 cm³/mol. The summed E-state index contributed by atoms with van der Waals surface area (Å²) in [5.74, 6) is -0.305. The van der Waals surface area contributed by atoms with E-state index in [0.717, 1.165) is 25.7 Å². The minimum Gasteiger partial charge on any atom is -0.464 e. The molecule has 0 aromatic carbocycles. The van der Waals surface area contributed by atoms with E-state index in [0.29, 0.717) is 32.1 Å². The Morgan fingerprint density at radius 2 is 1.77 bits per heavy atom. The van der Waals surface area contributed by atoms with Gasteiger partial charge in [-0.1, -0.05) is 6.42 Å². The molecule has 2 rings (SSSR count). The fourth-order valence-electron chi connectivity index (χ4n) is 3.89. The molecule has 0 radical (unpaired) electrons. The Bertz CT molecular complexity index is 484. The average molecular weight is 370 g/mol. The first-order valence-electron chi connectivity index (χ1n) is 9.76. The van der Waals surface area contributed by atoms with Gasteiger partial charge in [0, 0.05) is 17.8 Å². The van der Waals surface area contributed by atoms with E-state index in [4.69, 9.17) is 9.47 Å². The second-order valence-electron chi connectivity index (χ2n) is 7.31. The molecule has 1 unspecified atom stereocenters. The molecule has 0 saturated heterocycles. The number of hydrogen-bond donors (Lipinski definition) is 1. The smallest absolute Gasteiger partial charge is 0.408 e. The van der Waals surface area contributed by atoms with Gasteiger partial charge in [-0.3, -0.25) is 10.1 Å². The molecule has 2 aliphatic carbocycles. The molecule has 8 nitrogen and oxygen atoms in total. The number of esters is 1. The Labute approximate surface area is 154 Å². The summed E-state index contributed by atoms with van der Waals surface area (Å²) in [5.41, 5.74) is 0. The van der Waals surface area contributed by atoms with Gasteiger partial charge >= 0.3 is 12.1 Å². The van der Waals surface area contributed by atoms with Crippen LogP contribution in [0.2, 0.25) is 0 Å². The Morgan fingerprint density at radius 3 is 2.35 bits per heavy atom. The topological polar surface area (TPSA) is 108 Å². The molecule has 0 aromatic heterocycles. The van der Waals surface area contributed by atoms with Crippen LogP contribution >= 0.6 is 0 Å². The SMILES string of the molecule is CCOC(=O)C(CC1CCC([N+](=O)[O-])CC1)NC(=O)OC1CCCCC1. The number of rotatable bonds is 7. The maximum atomic E-state index is 12.2. The van der Waals surface area contributed by atoms with Crippen LogP contribution in [0.25, 0.3) is 0 Å². The number of nitrogens with zero attached hydrogens (tertiary/aromatic N) is 1. The van der Waals surface area contributed by atoms with Crippen molar-refractivity contribution in [3.63, 3.8) is 0 Å². The van der Waals surface area contributed by atoms with Gasteiger partial charge < -0.3 is 14.8 Å². The molecular weight excluding hydrogens is 340 g/mol. The maximum Gasteiger partial charge on any atom is 0.408 e. The molecule has 0 spiro atoms. The van der Waals surface area contributed by atoms with Crippen LogP contribution in [0.15, 0.2) is 0 Å². The van der Waals surface area contributed by atoms with Gasteiger partial charge in [0.05, 0.1) is 6.61 Å². The second-order valence-corrected chi connectivity index (χ2v) is 7.31. The number of ether oxygens (including phenoxy) is 2. The van der Waals surface area contributed by atoms with E-state index >= 15 is 0 Å². The standard InChI is InChI=1S/C18H30N2O6/c1-2-25-17(21)16(12-13-8-10-14(11-9-13)20(23)24)19-18(22)26-15-6-4-3-5-7-15/h13-16H,2-12H2,1H3,(H,19,22). The first-order chi connectivity index (χ1) is 12.5. The minimum atomic E-state index is -0.761. The fraction of sp³-hybridized carbons (Fsp3) is 0.889. The van der Waals surface area contributed by atoms with Gasteiger partial charge in [-0.2, -0.15) is 0 Å². The van der Waals surface area contributed by atoms with Crippen LogP contribution in [0, 0.1) is 16.0 Å². The molecule has 148 valence electrons. The van der Waals surface area contributed by atoms with Crippen molar-refractivity contribution in [3.05, 3.63) is 10.1 Å². The van der Waals surface area contributed by atoms with Gasteiger partial charge in [0.1, 0.15) is 12.1 Å². The Morgan fingerprint density at radius 1 is 1.12 bits per heavy atom. The van der Waals surface area contributed by atoms with Gasteiger partial charge in [-0.15, -0.1) is 0 Å². The van der Waals surface area contributed by atoms with E-state index in [1.807, 2.05) is 0 Å². The highest BCUT2D eigenvalue weighted by Gasteiger charge is 2.33. The molecule has 0 heterocycles. The molecule has 0 aromatic rings. The highest BCUT2D eigenvalue weighted by atomic mass is 16.6. The molecule has 1 N–H and O–H groups in total. The summed E-state index contributed by atoms with van der Waals surface area (Å²) in [4.78, 5) is 35.0. The lowest BCUT2D eigenvalue weighted by Crippen LogP contribution is -2.45. The van der Waals surface area contributed by atoms with Gasteiger partial charge in [0.2, 0.25) is 6.04 Å². The van der Waals surface area contributed by atoms with E-state index in [1.54, 1.807) is 6.92 Å². The van der Waals surface area contributed by atoms with Crippen molar-refractivity contribution in [1.29, 1.82) is 0 Å². The zero-order valence-electron chi connectivity index (χ0n) is 15.5. The minimum absolute atomic E-state index is 0.0814. The fourth-order valence-corrected chi connectivity index (χ4v) is 3.89.